The van der Waals surface area contributed by atoms with Crippen LogP contribution in [0.1, 0.15) is 10.4 Å². The molecule has 2 rings (SSSR count). The van der Waals surface area contributed by atoms with Crippen LogP contribution in [0.4, 0.5) is 0 Å². The molecule has 112 valence electrons. The van der Waals surface area contributed by atoms with E-state index in [-0.39, 0.29) is 23.9 Å². The number of carbonyl (C=O) groups is 3. The normalized spacial score (nSPS) is 11.9. The Morgan fingerprint density at radius 1 is 1.33 bits per heavy atom. The second kappa shape index (κ2) is 6.31. The van der Waals surface area contributed by atoms with Gasteiger partial charge in [0.2, 0.25) is 12.7 Å². The van der Waals surface area contributed by atoms with Gasteiger partial charge in [0.1, 0.15) is 0 Å². The van der Waals surface area contributed by atoms with Gasteiger partial charge >= 0.3 is 5.97 Å². The molecule has 0 atom stereocenters. The minimum Gasteiger partial charge on any atom is -0.454 e. The summed E-state index contributed by atoms with van der Waals surface area (Å²) in [6.45, 7) is -0.854. The minimum atomic E-state index is -0.760. The molecule has 1 aliphatic rings. The van der Waals surface area contributed by atoms with E-state index in [4.69, 9.17) is 31.5 Å². The van der Waals surface area contributed by atoms with Gasteiger partial charge in [0.15, 0.2) is 18.1 Å². The number of hydrogen-bond donors (Lipinski definition) is 2. The Kier molecular flexibility index (Phi) is 4.49. The monoisotopic (exact) mass is 314 g/mol. The van der Waals surface area contributed by atoms with Crippen molar-refractivity contribution in [3.63, 3.8) is 0 Å². The van der Waals surface area contributed by atoms with Gasteiger partial charge in [0, 0.05) is 0 Å². The number of nitrogens with one attached hydrogen (secondary N) is 1. The van der Waals surface area contributed by atoms with E-state index in [1.807, 2.05) is 0 Å². The molecule has 2 amide bonds. The standard InChI is InChI=1S/C12H11ClN2O6/c13-7-1-6(2-8-11(7)21-5-20-8)12(18)19-4-10(17)15-3-9(14)16/h1-2H,3-5H2,(H2,14,16)(H,15,17). The van der Waals surface area contributed by atoms with Crippen LogP contribution in [0.15, 0.2) is 12.1 Å². The molecular formula is C12H11ClN2O6. The van der Waals surface area contributed by atoms with E-state index in [1.54, 1.807) is 0 Å². The van der Waals surface area contributed by atoms with E-state index in [9.17, 15) is 14.4 Å². The number of benzene rings is 1. The first-order chi connectivity index (χ1) is 9.97. The maximum Gasteiger partial charge on any atom is 0.338 e. The third-order valence-electron chi connectivity index (χ3n) is 2.46. The molecule has 0 aromatic heterocycles. The molecule has 8 nitrogen and oxygen atoms in total. The largest absolute Gasteiger partial charge is 0.454 e. The maximum absolute atomic E-state index is 11.8. The van der Waals surface area contributed by atoms with E-state index >= 15 is 0 Å². The third-order valence-corrected chi connectivity index (χ3v) is 2.74. The highest BCUT2D eigenvalue weighted by Crippen LogP contribution is 2.39. The number of halogens is 1. The lowest BCUT2D eigenvalue weighted by Gasteiger charge is -2.06. The van der Waals surface area contributed by atoms with Crippen molar-refractivity contribution in [1.82, 2.24) is 5.32 Å². The molecule has 1 aliphatic heterocycles. The quantitative estimate of drug-likeness (QED) is 0.729. The summed E-state index contributed by atoms with van der Waals surface area (Å²) in [6, 6.07) is 2.75. The van der Waals surface area contributed by atoms with Gasteiger partial charge < -0.3 is 25.3 Å². The maximum atomic E-state index is 11.8. The summed E-state index contributed by atoms with van der Waals surface area (Å²) in [5.74, 6) is -1.42. The second-order valence-corrected chi connectivity index (χ2v) is 4.42. The topological polar surface area (TPSA) is 117 Å². The average molecular weight is 315 g/mol. The van der Waals surface area contributed by atoms with Crippen LogP contribution in [0.25, 0.3) is 0 Å². The summed E-state index contributed by atoms with van der Waals surface area (Å²) >= 11 is 5.92. The molecule has 9 heteroatoms. The zero-order valence-electron chi connectivity index (χ0n) is 10.7. The van der Waals surface area contributed by atoms with Crippen LogP contribution >= 0.6 is 11.6 Å². The number of primary amides is 1. The van der Waals surface area contributed by atoms with Crippen LogP contribution in [0, 0.1) is 0 Å². The molecule has 0 bridgehead atoms. The van der Waals surface area contributed by atoms with E-state index in [1.165, 1.54) is 12.1 Å². The fourth-order valence-corrected chi connectivity index (χ4v) is 1.80. The zero-order chi connectivity index (χ0) is 15.4. The number of amides is 2. The molecule has 0 unspecified atom stereocenters. The number of rotatable bonds is 5. The summed E-state index contributed by atoms with van der Waals surface area (Å²) in [5, 5.41) is 2.38. The summed E-state index contributed by atoms with van der Waals surface area (Å²) in [7, 11) is 0. The van der Waals surface area contributed by atoms with Crippen molar-refractivity contribution in [3.05, 3.63) is 22.7 Å². The highest BCUT2D eigenvalue weighted by molar-refractivity contribution is 6.32. The Morgan fingerprint density at radius 3 is 2.81 bits per heavy atom. The number of nitrogens with two attached hydrogens (primary N) is 1. The molecule has 1 aromatic carbocycles. The molecule has 1 aromatic rings. The van der Waals surface area contributed by atoms with Crippen LogP contribution in [-0.4, -0.2) is 37.7 Å². The van der Waals surface area contributed by atoms with E-state index in [0.717, 1.165) is 0 Å². The van der Waals surface area contributed by atoms with Gasteiger partial charge in [-0.05, 0) is 12.1 Å². The molecule has 0 spiro atoms. The Morgan fingerprint density at radius 2 is 2.10 bits per heavy atom. The number of hydrogen-bond acceptors (Lipinski definition) is 6. The van der Waals surface area contributed by atoms with Gasteiger partial charge in [-0.15, -0.1) is 0 Å². The van der Waals surface area contributed by atoms with Crippen molar-refractivity contribution < 1.29 is 28.6 Å². The van der Waals surface area contributed by atoms with Gasteiger partial charge in [-0.1, -0.05) is 11.6 Å². The Hall–Kier alpha value is -2.48. The van der Waals surface area contributed by atoms with E-state index in [0.29, 0.717) is 11.5 Å². The number of fused-ring (bicyclic) bond motifs is 1. The van der Waals surface area contributed by atoms with Gasteiger partial charge in [0.05, 0.1) is 17.1 Å². The van der Waals surface area contributed by atoms with Crippen LogP contribution < -0.4 is 20.5 Å². The first-order valence-electron chi connectivity index (χ1n) is 5.78. The zero-order valence-corrected chi connectivity index (χ0v) is 11.4. The fraction of sp³-hybridized carbons (Fsp3) is 0.250. The van der Waals surface area contributed by atoms with Crippen molar-refractivity contribution in [1.29, 1.82) is 0 Å². The minimum absolute atomic E-state index is 0.0169. The number of carbonyl (C=O) groups excluding carboxylic acids is 3. The molecule has 0 radical (unpaired) electrons. The summed E-state index contributed by atoms with van der Waals surface area (Å²) in [4.78, 5) is 33.5. The lowest BCUT2D eigenvalue weighted by atomic mass is 10.2. The highest BCUT2D eigenvalue weighted by Gasteiger charge is 2.21. The summed E-state index contributed by atoms with van der Waals surface area (Å²) in [6.07, 6.45) is 0. The highest BCUT2D eigenvalue weighted by atomic mass is 35.5. The molecule has 0 fully saturated rings. The van der Waals surface area contributed by atoms with Crippen molar-refractivity contribution in [2.45, 2.75) is 0 Å². The number of ether oxygens (including phenoxy) is 3. The first-order valence-corrected chi connectivity index (χ1v) is 6.16. The predicted molar refractivity (Wildman–Crippen MR) is 70.1 cm³/mol. The van der Waals surface area contributed by atoms with Gasteiger partial charge in [-0.25, -0.2) is 4.79 Å². The van der Waals surface area contributed by atoms with Gasteiger partial charge in [0.25, 0.3) is 5.91 Å². The van der Waals surface area contributed by atoms with Crippen molar-refractivity contribution in [2.75, 3.05) is 19.9 Å². The smallest absolute Gasteiger partial charge is 0.338 e. The van der Waals surface area contributed by atoms with E-state index in [2.05, 4.69) is 5.32 Å². The fourth-order valence-electron chi connectivity index (χ4n) is 1.54. The van der Waals surface area contributed by atoms with Crippen LogP contribution in [0.2, 0.25) is 5.02 Å². The Balaban J connectivity index is 1.93. The molecule has 0 aliphatic carbocycles. The lowest BCUT2D eigenvalue weighted by Crippen LogP contribution is -2.35. The molecule has 0 saturated heterocycles. The van der Waals surface area contributed by atoms with Gasteiger partial charge in [-0.3, -0.25) is 9.59 Å². The van der Waals surface area contributed by atoms with Crippen LogP contribution in [0.3, 0.4) is 0 Å². The van der Waals surface area contributed by atoms with E-state index < -0.39 is 24.4 Å². The second-order valence-electron chi connectivity index (χ2n) is 4.01. The SMILES string of the molecule is NC(=O)CNC(=O)COC(=O)c1cc(Cl)c2c(c1)OCO2. The Bertz CT molecular complexity index is 604. The third kappa shape index (κ3) is 3.76. The summed E-state index contributed by atoms with van der Waals surface area (Å²) < 4.78 is 15.0. The molecule has 21 heavy (non-hydrogen) atoms. The summed E-state index contributed by atoms with van der Waals surface area (Å²) in [5.41, 5.74) is 4.97. The van der Waals surface area contributed by atoms with Gasteiger partial charge in [-0.2, -0.15) is 0 Å². The Labute approximate surface area is 124 Å². The predicted octanol–water partition coefficient (Wildman–Crippen LogP) is -0.173. The molecule has 3 N–H and O–H groups in total. The molecule has 0 saturated carbocycles. The molecule has 1 heterocycles. The first kappa shape index (κ1) is 14.9. The van der Waals surface area contributed by atoms with Crippen molar-refractivity contribution in [3.8, 4) is 11.5 Å². The lowest BCUT2D eigenvalue weighted by molar-refractivity contribution is -0.127. The van der Waals surface area contributed by atoms with Crippen LogP contribution in [-0.2, 0) is 14.3 Å². The number of esters is 1. The average Bonchev–Trinajstić information content (AvgIpc) is 2.91. The van der Waals surface area contributed by atoms with Crippen molar-refractivity contribution >= 4 is 29.4 Å². The molecular weight excluding hydrogens is 304 g/mol. The van der Waals surface area contributed by atoms with Crippen molar-refractivity contribution in [2.24, 2.45) is 5.73 Å². The van der Waals surface area contributed by atoms with Crippen LogP contribution in [0.5, 0.6) is 11.5 Å².